The number of carbonyl (C=O) groups excluding carboxylic acids is 1. The third kappa shape index (κ3) is 10.9. The summed E-state index contributed by atoms with van der Waals surface area (Å²) in [6, 6.07) is -2.34. The van der Waals surface area contributed by atoms with Crippen molar-refractivity contribution in [3.63, 3.8) is 0 Å². The van der Waals surface area contributed by atoms with E-state index in [1.54, 1.807) is 6.92 Å². The Morgan fingerprint density at radius 2 is 1.81 bits per heavy atom. The van der Waals surface area contributed by atoms with Crippen LogP contribution in [0.2, 0.25) is 0 Å². The normalized spacial score (nSPS) is 36.8. The molecular weight excluding hydrogens is 544 g/mol. The summed E-state index contributed by atoms with van der Waals surface area (Å²) in [5, 5.41) is 38.0. The van der Waals surface area contributed by atoms with Crippen LogP contribution in [0.1, 0.15) is 59.3 Å². The molecule has 0 aromatic rings. The Kier molecular flexibility index (Phi) is 16.6. The molecule has 1 saturated heterocycles. The van der Waals surface area contributed by atoms with Crippen molar-refractivity contribution in [1.82, 2.24) is 10.6 Å². The molecule has 42 heavy (non-hydrogen) atoms. The molecule has 11 unspecified atom stereocenters. The average molecular weight is 601 g/mol. The number of nitrogens with two attached hydrogens (primary N) is 4. The third-order valence-corrected chi connectivity index (χ3v) is 7.77. The number of aliphatic hydroxyl groups is 3. The van der Waals surface area contributed by atoms with E-state index in [1.165, 1.54) is 0 Å². The lowest BCUT2D eigenvalue weighted by Crippen LogP contribution is -2.67. The molecule has 0 spiro atoms. The maximum absolute atomic E-state index is 13.0. The summed E-state index contributed by atoms with van der Waals surface area (Å²) in [5.41, 5.74) is 24.9. The van der Waals surface area contributed by atoms with Gasteiger partial charge in [0.25, 0.3) is 0 Å². The first-order valence-corrected chi connectivity index (χ1v) is 15.4. The number of allylic oxidation sites excluding steroid dienone is 2. The lowest BCUT2D eigenvalue weighted by atomic mass is 9.83. The Bertz CT molecular complexity index is 849. The van der Waals surface area contributed by atoms with Crippen LogP contribution in [0, 0.1) is 0 Å². The Morgan fingerprint density at radius 1 is 1.07 bits per heavy atom. The van der Waals surface area contributed by atoms with Gasteiger partial charge in [-0.15, -0.1) is 0 Å². The molecule has 0 radical (unpaired) electrons. The van der Waals surface area contributed by atoms with Crippen LogP contribution in [0.5, 0.6) is 0 Å². The van der Waals surface area contributed by atoms with Gasteiger partial charge in [0.15, 0.2) is 6.29 Å². The number of rotatable bonds is 13. The Morgan fingerprint density at radius 3 is 2.52 bits per heavy atom. The molecular formula is C29H56N6O7. The van der Waals surface area contributed by atoms with Crippen LogP contribution in [-0.2, 0) is 19.0 Å². The molecule has 2 fully saturated rings. The highest BCUT2D eigenvalue weighted by molar-refractivity contribution is 5.79. The molecule has 1 aliphatic heterocycles. The quantitative estimate of drug-likeness (QED) is 0.110. The average Bonchev–Trinajstić information content (AvgIpc) is 3.17. The lowest BCUT2D eigenvalue weighted by Gasteiger charge is -2.47. The second-order valence-corrected chi connectivity index (χ2v) is 11.1. The fraction of sp³-hybridized carbons (Fsp3) is 0.828. The highest BCUT2D eigenvalue weighted by Crippen LogP contribution is 2.29. The predicted molar refractivity (Wildman–Crippen MR) is 161 cm³/mol. The number of nitrogens with one attached hydrogen (secondary N) is 2. The highest BCUT2D eigenvalue weighted by Gasteiger charge is 2.49. The largest absolute Gasteiger partial charge is 0.388 e. The van der Waals surface area contributed by atoms with Crippen molar-refractivity contribution in [2.45, 2.75) is 126 Å². The minimum atomic E-state index is -1.27. The molecule has 11 atom stereocenters. The summed E-state index contributed by atoms with van der Waals surface area (Å²) >= 11 is 0. The summed E-state index contributed by atoms with van der Waals surface area (Å²) in [5.74, 6) is -0.216. The van der Waals surface area contributed by atoms with Gasteiger partial charge < -0.3 is 63.1 Å². The van der Waals surface area contributed by atoms with E-state index >= 15 is 0 Å². The van der Waals surface area contributed by atoms with Crippen molar-refractivity contribution in [3.8, 4) is 0 Å². The molecule has 0 aromatic heterocycles. The van der Waals surface area contributed by atoms with Crippen molar-refractivity contribution < 1.29 is 34.3 Å². The van der Waals surface area contributed by atoms with Crippen molar-refractivity contribution in [1.29, 1.82) is 0 Å². The number of carbonyl (C=O) groups is 1. The van der Waals surface area contributed by atoms with Crippen LogP contribution < -0.4 is 33.6 Å². The maximum atomic E-state index is 13.0. The molecule has 13 heteroatoms. The van der Waals surface area contributed by atoms with Gasteiger partial charge in [0, 0.05) is 18.6 Å². The van der Waals surface area contributed by atoms with Gasteiger partial charge in [0.1, 0.15) is 30.5 Å². The SMILES string of the molecule is CC.CC1OC(OC2C(N)CC(NC(=O)CC3=CCCC(N)C=C3)C(OCCNCCCCN)C2O)C(N)C(O)C1O. The van der Waals surface area contributed by atoms with E-state index in [-0.39, 0.29) is 31.4 Å². The van der Waals surface area contributed by atoms with Gasteiger partial charge >= 0.3 is 0 Å². The summed E-state index contributed by atoms with van der Waals surface area (Å²) in [6.07, 6.45) is 2.46. The molecule has 0 aromatic carbocycles. The molecule has 0 bridgehead atoms. The Labute approximate surface area is 250 Å². The number of ether oxygens (including phenoxy) is 3. The van der Waals surface area contributed by atoms with Crippen LogP contribution in [0.15, 0.2) is 23.8 Å². The number of amides is 1. The number of hydrogen-bond donors (Lipinski definition) is 9. The van der Waals surface area contributed by atoms with Crippen LogP contribution in [0.4, 0.5) is 0 Å². The maximum Gasteiger partial charge on any atom is 0.224 e. The van der Waals surface area contributed by atoms with E-state index in [2.05, 4.69) is 10.6 Å². The van der Waals surface area contributed by atoms with E-state index in [1.807, 2.05) is 32.1 Å². The van der Waals surface area contributed by atoms with Gasteiger partial charge in [-0.3, -0.25) is 4.79 Å². The monoisotopic (exact) mass is 600 g/mol. The van der Waals surface area contributed by atoms with Crippen LogP contribution in [0.3, 0.4) is 0 Å². The van der Waals surface area contributed by atoms with E-state index in [4.69, 9.17) is 37.1 Å². The molecule has 13 N–H and O–H groups in total. The van der Waals surface area contributed by atoms with E-state index in [0.29, 0.717) is 13.1 Å². The van der Waals surface area contributed by atoms with Gasteiger partial charge in [-0.05, 0) is 57.7 Å². The van der Waals surface area contributed by atoms with Crippen LogP contribution in [-0.4, -0.2) is 115 Å². The zero-order chi connectivity index (χ0) is 31.2. The first kappa shape index (κ1) is 36.7. The molecule has 1 heterocycles. The summed E-state index contributed by atoms with van der Waals surface area (Å²) in [4.78, 5) is 13.0. The zero-order valence-electron chi connectivity index (χ0n) is 25.4. The molecule has 1 saturated carbocycles. The summed E-state index contributed by atoms with van der Waals surface area (Å²) < 4.78 is 17.8. The topological polar surface area (TPSA) is 234 Å². The highest BCUT2D eigenvalue weighted by atomic mass is 16.7. The van der Waals surface area contributed by atoms with E-state index in [9.17, 15) is 20.1 Å². The molecule has 2 aliphatic carbocycles. The molecule has 13 nitrogen and oxygen atoms in total. The van der Waals surface area contributed by atoms with Crippen molar-refractivity contribution >= 4 is 5.91 Å². The van der Waals surface area contributed by atoms with Crippen LogP contribution in [0.25, 0.3) is 0 Å². The van der Waals surface area contributed by atoms with Gasteiger partial charge in [-0.25, -0.2) is 0 Å². The standard InChI is InChI=1S/C27H50N6O7.C2H6/c1-15-22(35)23(36)21(31)27(39-15)40-25-18(30)14-19(26(24(25)37)38-12-11-32-10-3-2-9-28)33-20(34)13-16-5-4-6-17(29)8-7-16;1-2/h5,7-8,15,17-19,21-27,32,35-37H,2-4,6,9-14,28-31H2,1H3,(H,33,34);1-2H3. The lowest BCUT2D eigenvalue weighted by molar-refractivity contribution is -0.288. The summed E-state index contributed by atoms with van der Waals surface area (Å²) in [7, 11) is 0. The smallest absolute Gasteiger partial charge is 0.224 e. The van der Waals surface area contributed by atoms with Gasteiger partial charge in [-0.1, -0.05) is 32.1 Å². The number of hydrogen-bond acceptors (Lipinski definition) is 12. The Balaban J connectivity index is 0.00000301. The van der Waals surface area contributed by atoms with E-state index in [0.717, 1.165) is 37.8 Å². The molecule has 3 aliphatic rings. The van der Waals surface area contributed by atoms with Gasteiger partial charge in [0.2, 0.25) is 5.91 Å². The third-order valence-electron chi connectivity index (χ3n) is 7.77. The molecule has 244 valence electrons. The Hall–Kier alpha value is -1.49. The molecule has 1 amide bonds. The molecule has 3 rings (SSSR count). The fourth-order valence-electron chi connectivity index (χ4n) is 5.34. The number of aliphatic hydroxyl groups excluding tert-OH is 3. The van der Waals surface area contributed by atoms with Gasteiger partial charge in [0.05, 0.1) is 31.2 Å². The minimum absolute atomic E-state index is 0.0319. The minimum Gasteiger partial charge on any atom is -0.388 e. The van der Waals surface area contributed by atoms with Crippen molar-refractivity contribution in [2.75, 3.05) is 26.2 Å². The zero-order valence-corrected chi connectivity index (χ0v) is 25.4. The number of unbranched alkanes of at least 4 members (excludes halogenated alkanes) is 1. The van der Waals surface area contributed by atoms with Crippen LogP contribution >= 0.6 is 0 Å². The predicted octanol–water partition coefficient (Wildman–Crippen LogP) is -1.52. The van der Waals surface area contributed by atoms with Crippen molar-refractivity contribution in [2.24, 2.45) is 22.9 Å². The first-order valence-electron chi connectivity index (χ1n) is 15.4. The first-order chi connectivity index (χ1) is 20.1. The second kappa shape index (κ2) is 19.0. The van der Waals surface area contributed by atoms with Crippen molar-refractivity contribution in [3.05, 3.63) is 23.8 Å². The van der Waals surface area contributed by atoms with E-state index < -0.39 is 61.0 Å². The second-order valence-electron chi connectivity index (χ2n) is 11.1. The van der Waals surface area contributed by atoms with Gasteiger partial charge in [-0.2, -0.15) is 0 Å². The fourth-order valence-corrected chi connectivity index (χ4v) is 5.34. The summed E-state index contributed by atoms with van der Waals surface area (Å²) in [6.45, 7) is 7.85.